The van der Waals surface area contributed by atoms with E-state index in [-0.39, 0.29) is 0 Å². The van der Waals surface area contributed by atoms with Crippen LogP contribution in [0.1, 0.15) is 23.7 Å². The number of nitrogens with one attached hydrogen (secondary N) is 1. The molecule has 3 rings (SSSR count). The van der Waals surface area contributed by atoms with Gasteiger partial charge < -0.3 is 10.1 Å². The Balaban J connectivity index is 1.94. The molecule has 1 aromatic carbocycles. The molecule has 0 unspecified atom stereocenters. The van der Waals surface area contributed by atoms with Crippen molar-refractivity contribution < 1.29 is 4.74 Å². The maximum Gasteiger partial charge on any atom is 0.216 e. The van der Waals surface area contributed by atoms with Crippen LogP contribution in [0.15, 0.2) is 24.5 Å². The third kappa shape index (κ3) is 2.72. The first-order valence-corrected chi connectivity index (χ1v) is 7.68. The molecule has 6 heteroatoms. The SMILES string of the molecule is CCc1nn(C)c(OC)c1CNc1ncnc2c(C)cccc12. The predicted molar refractivity (Wildman–Crippen MR) is 90.7 cm³/mol. The van der Waals surface area contributed by atoms with Gasteiger partial charge in [0, 0.05) is 19.0 Å². The Labute approximate surface area is 135 Å². The number of ether oxygens (including phenoxy) is 1. The van der Waals surface area contributed by atoms with Gasteiger partial charge in [0.15, 0.2) is 0 Å². The number of hydrogen-bond donors (Lipinski definition) is 1. The molecule has 0 aliphatic heterocycles. The second kappa shape index (κ2) is 6.24. The zero-order valence-electron chi connectivity index (χ0n) is 13.9. The van der Waals surface area contributed by atoms with E-state index in [0.717, 1.165) is 45.8 Å². The Morgan fingerprint density at radius 2 is 2.09 bits per heavy atom. The molecule has 1 N–H and O–H groups in total. The molecular formula is C17H21N5O. The third-order valence-electron chi connectivity index (χ3n) is 4.00. The summed E-state index contributed by atoms with van der Waals surface area (Å²) in [4.78, 5) is 8.77. The Bertz CT molecular complexity index is 840. The second-order valence-corrected chi connectivity index (χ2v) is 5.46. The van der Waals surface area contributed by atoms with Crippen LogP contribution in [-0.4, -0.2) is 26.9 Å². The molecule has 23 heavy (non-hydrogen) atoms. The number of fused-ring (bicyclic) bond motifs is 1. The van der Waals surface area contributed by atoms with Crippen molar-refractivity contribution >= 4 is 16.7 Å². The zero-order chi connectivity index (χ0) is 16.4. The lowest BCUT2D eigenvalue weighted by atomic mass is 10.1. The fourth-order valence-corrected chi connectivity index (χ4v) is 2.87. The van der Waals surface area contributed by atoms with Gasteiger partial charge in [0.25, 0.3) is 0 Å². The average Bonchev–Trinajstić information content (AvgIpc) is 2.88. The molecule has 0 saturated carbocycles. The van der Waals surface area contributed by atoms with Crippen molar-refractivity contribution in [2.24, 2.45) is 7.05 Å². The van der Waals surface area contributed by atoms with Crippen molar-refractivity contribution in [1.29, 1.82) is 0 Å². The number of para-hydroxylation sites is 1. The Kier molecular flexibility index (Phi) is 4.14. The maximum absolute atomic E-state index is 5.48. The van der Waals surface area contributed by atoms with Gasteiger partial charge in [-0.2, -0.15) is 5.10 Å². The Morgan fingerprint density at radius 1 is 1.26 bits per heavy atom. The molecule has 3 aromatic rings. The Hall–Kier alpha value is -2.63. The van der Waals surface area contributed by atoms with Gasteiger partial charge in [-0.1, -0.05) is 19.1 Å². The van der Waals surface area contributed by atoms with E-state index in [1.54, 1.807) is 18.1 Å². The molecule has 0 aliphatic carbocycles. The van der Waals surface area contributed by atoms with Gasteiger partial charge in [0.1, 0.15) is 12.1 Å². The van der Waals surface area contributed by atoms with E-state index in [9.17, 15) is 0 Å². The summed E-state index contributed by atoms with van der Waals surface area (Å²) >= 11 is 0. The molecule has 0 atom stereocenters. The highest BCUT2D eigenvalue weighted by Gasteiger charge is 2.16. The molecule has 0 fully saturated rings. The third-order valence-corrected chi connectivity index (χ3v) is 4.00. The largest absolute Gasteiger partial charge is 0.481 e. The minimum atomic E-state index is 0.611. The normalized spacial score (nSPS) is 11.0. The van der Waals surface area contributed by atoms with E-state index < -0.39 is 0 Å². The average molecular weight is 311 g/mol. The summed E-state index contributed by atoms with van der Waals surface area (Å²) in [6.45, 7) is 4.76. The standard InChI is InChI=1S/C17H21N5O/c1-5-14-13(17(23-4)22(3)21-14)9-18-16-12-8-6-7-11(2)15(12)19-10-20-16/h6-8,10H,5,9H2,1-4H3,(H,18,19,20). The summed E-state index contributed by atoms with van der Waals surface area (Å²) in [6, 6.07) is 6.11. The number of rotatable bonds is 5. The minimum absolute atomic E-state index is 0.611. The first-order valence-electron chi connectivity index (χ1n) is 7.68. The lowest BCUT2D eigenvalue weighted by Gasteiger charge is -2.10. The van der Waals surface area contributed by atoms with Crippen molar-refractivity contribution in [2.45, 2.75) is 26.8 Å². The van der Waals surface area contributed by atoms with Gasteiger partial charge in [-0.05, 0) is 25.0 Å². The lowest BCUT2D eigenvalue weighted by Crippen LogP contribution is -2.05. The number of nitrogens with zero attached hydrogens (tertiary/aromatic N) is 4. The summed E-state index contributed by atoms with van der Waals surface area (Å²) in [7, 11) is 3.56. The van der Waals surface area contributed by atoms with Gasteiger partial charge in [-0.3, -0.25) is 0 Å². The van der Waals surface area contributed by atoms with E-state index in [1.807, 2.05) is 19.2 Å². The fourth-order valence-electron chi connectivity index (χ4n) is 2.87. The van der Waals surface area contributed by atoms with Crippen molar-refractivity contribution in [3.8, 4) is 5.88 Å². The van der Waals surface area contributed by atoms with Gasteiger partial charge in [-0.15, -0.1) is 0 Å². The summed E-state index contributed by atoms with van der Waals surface area (Å²) in [5, 5.41) is 8.94. The highest BCUT2D eigenvalue weighted by atomic mass is 16.5. The van der Waals surface area contributed by atoms with Gasteiger partial charge in [-0.25, -0.2) is 14.6 Å². The lowest BCUT2D eigenvalue weighted by molar-refractivity contribution is 0.370. The number of hydrogen-bond acceptors (Lipinski definition) is 5. The Morgan fingerprint density at radius 3 is 2.83 bits per heavy atom. The van der Waals surface area contributed by atoms with Crippen LogP contribution in [0, 0.1) is 6.92 Å². The molecule has 2 aromatic heterocycles. The van der Waals surface area contributed by atoms with Crippen LogP contribution in [0.4, 0.5) is 5.82 Å². The molecule has 6 nitrogen and oxygen atoms in total. The van der Waals surface area contributed by atoms with Crippen molar-refractivity contribution in [3.63, 3.8) is 0 Å². The van der Waals surface area contributed by atoms with Gasteiger partial charge in [0.05, 0.1) is 23.9 Å². The molecule has 0 radical (unpaired) electrons. The predicted octanol–water partition coefficient (Wildman–Crippen LogP) is 2.85. The van der Waals surface area contributed by atoms with Crippen molar-refractivity contribution in [2.75, 3.05) is 12.4 Å². The molecule has 0 saturated heterocycles. The topological polar surface area (TPSA) is 64.9 Å². The zero-order valence-corrected chi connectivity index (χ0v) is 13.9. The summed E-state index contributed by atoms with van der Waals surface area (Å²) < 4.78 is 7.26. The first kappa shape index (κ1) is 15.3. The molecule has 120 valence electrons. The van der Waals surface area contributed by atoms with E-state index in [4.69, 9.17) is 4.74 Å². The number of aromatic nitrogens is 4. The smallest absolute Gasteiger partial charge is 0.216 e. The number of anilines is 1. The molecule has 0 spiro atoms. The van der Waals surface area contributed by atoms with Crippen molar-refractivity contribution in [1.82, 2.24) is 19.7 Å². The number of aryl methyl sites for hydroxylation is 3. The summed E-state index contributed by atoms with van der Waals surface area (Å²) in [6.07, 6.45) is 2.46. The van der Waals surface area contributed by atoms with Gasteiger partial charge in [0.2, 0.25) is 5.88 Å². The second-order valence-electron chi connectivity index (χ2n) is 5.46. The molecule has 0 bridgehead atoms. The highest BCUT2D eigenvalue weighted by molar-refractivity contribution is 5.90. The monoisotopic (exact) mass is 311 g/mol. The van der Waals surface area contributed by atoms with E-state index in [0.29, 0.717) is 6.54 Å². The highest BCUT2D eigenvalue weighted by Crippen LogP contribution is 2.25. The van der Waals surface area contributed by atoms with E-state index in [2.05, 4.69) is 40.3 Å². The summed E-state index contributed by atoms with van der Waals surface area (Å²) in [5.41, 5.74) is 4.21. The van der Waals surface area contributed by atoms with Crippen molar-refractivity contribution in [3.05, 3.63) is 41.3 Å². The van der Waals surface area contributed by atoms with Crippen LogP contribution in [0.2, 0.25) is 0 Å². The molecule has 0 amide bonds. The van der Waals surface area contributed by atoms with E-state index in [1.165, 1.54) is 0 Å². The number of methoxy groups -OCH3 is 1. The fraction of sp³-hybridized carbons (Fsp3) is 0.353. The van der Waals surface area contributed by atoms with Crippen LogP contribution < -0.4 is 10.1 Å². The molecule has 2 heterocycles. The maximum atomic E-state index is 5.48. The van der Waals surface area contributed by atoms with Crippen LogP contribution in [-0.2, 0) is 20.0 Å². The van der Waals surface area contributed by atoms with Gasteiger partial charge >= 0.3 is 0 Å². The van der Waals surface area contributed by atoms with Crippen LogP contribution in [0.3, 0.4) is 0 Å². The minimum Gasteiger partial charge on any atom is -0.481 e. The van der Waals surface area contributed by atoms with Crippen LogP contribution >= 0.6 is 0 Å². The molecular weight excluding hydrogens is 290 g/mol. The quantitative estimate of drug-likeness (QED) is 0.785. The van der Waals surface area contributed by atoms with E-state index >= 15 is 0 Å². The van der Waals surface area contributed by atoms with Crippen LogP contribution in [0.5, 0.6) is 5.88 Å². The van der Waals surface area contributed by atoms with Crippen LogP contribution in [0.25, 0.3) is 10.9 Å². The number of benzene rings is 1. The first-order chi connectivity index (χ1) is 11.2. The summed E-state index contributed by atoms with van der Waals surface area (Å²) in [5.74, 6) is 1.61. The molecule has 0 aliphatic rings.